The summed E-state index contributed by atoms with van der Waals surface area (Å²) in [6.45, 7) is 8.72. The van der Waals surface area contributed by atoms with Crippen LogP contribution >= 0.6 is 23.2 Å². The summed E-state index contributed by atoms with van der Waals surface area (Å²) in [4.78, 5) is 27.9. The van der Waals surface area contributed by atoms with Gasteiger partial charge in [-0.05, 0) is 69.0 Å². The number of rotatable bonds is 10. The van der Waals surface area contributed by atoms with Crippen LogP contribution in [0.1, 0.15) is 43.9 Å². The average Bonchev–Trinajstić information content (AvgIpc) is 2.78. The van der Waals surface area contributed by atoms with Crippen LogP contribution in [0.15, 0.2) is 36.4 Å². The Kier molecular flexibility index (Phi) is 10.0. The maximum Gasteiger partial charge on any atom is 0.244 e. The normalized spacial score (nSPS) is 13.1. The van der Waals surface area contributed by atoms with Crippen LogP contribution in [0.3, 0.4) is 0 Å². The summed E-state index contributed by atoms with van der Waals surface area (Å²) in [5, 5.41) is 3.58. The summed E-state index contributed by atoms with van der Waals surface area (Å²) in [5.74, 6) is -0.848. The standard InChI is InChI=1S/C25H33Cl2N3O4S/c1-7-17(3)28-25(32)19(5)29(14-20-11-12-21(26)22(27)13-20)24(31)15-30(35(6,33)34)23-10-8-9-16(2)18(23)4/h8-13,17,19H,7,14-15H2,1-6H3,(H,28,32)/t17-,19+/m0/s1. The molecule has 0 unspecified atom stereocenters. The highest BCUT2D eigenvalue weighted by atomic mass is 35.5. The van der Waals surface area contributed by atoms with Crippen LogP contribution in [0, 0.1) is 13.8 Å². The molecule has 10 heteroatoms. The molecule has 0 saturated carbocycles. The zero-order valence-electron chi connectivity index (χ0n) is 20.9. The van der Waals surface area contributed by atoms with Gasteiger partial charge in [0.2, 0.25) is 21.8 Å². The molecule has 7 nitrogen and oxygen atoms in total. The maximum atomic E-state index is 13.6. The summed E-state index contributed by atoms with van der Waals surface area (Å²) in [6, 6.07) is 9.31. The Bertz CT molecular complexity index is 1190. The van der Waals surface area contributed by atoms with Gasteiger partial charge in [-0.3, -0.25) is 13.9 Å². The number of hydrogen-bond acceptors (Lipinski definition) is 4. The summed E-state index contributed by atoms with van der Waals surface area (Å²) in [6.07, 6.45) is 1.79. The molecule has 0 saturated heterocycles. The molecule has 1 N–H and O–H groups in total. The van der Waals surface area contributed by atoms with Gasteiger partial charge in [0.1, 0.15) is 12.6 Å². The summed E-state index contributed by atoms with van der Waals surface area (Å²) in [7, 11) is -3.79. The number of aryl methyl sites for hydroxylation is 1. The first-order valence-electron chi connectivity index (χ1n) is 11.3. The van der Waals surface area contributed by atoms with E-state index < -0.39 is 28.5 Å². The molecule has 2 aromatic rings. The highest BCUT2D eigenvalue weighted by Gasteiger charge is 2.31. The minimum atomic E-state index is -3.79. The quantitative estimate of drug-likeness (QED) is 0.471. The van der Waals surface area contributed by atoms with E-state index in [1.807, 2.05) is 33.8 Å². The largest absolute Gasteiger partial charge is 0.352 e. The van der Waals surface area contributed by atoms with E-state index in [0.29, 0.717) is 21.3 Å². The number of benzene rings is 2. The second kappa shape index (κ2) is 12.1. The first kappa shape index (κ1) is 28.9. The SMILES string of the molecule is CC[C@H](C)NC(=O)[C@@H](C)N(Cc1ccc(Cl)c(Cl)c1)C(=O)CN(c1cccc(C)c1C)S(C)(=O)=O. The van der Waals surface area contributed by atoms with Gasteiger partial charge in [-0.25, -0.2) is 8.42 Å². The molecule has 0 radical (unpaired) electrons. The van der Waals surface area contributed by atoms with Gasteiger partial charge in [0.15, 0.2) is 0 Å². The molecule has 35 heavy (non-hydrogen) atoms. The predicted octanol–water partition coefficient (Wildman–Crippen LogP) is 4.71. The van der Waals surface area contributed by atoms with Gasteiger partial charge in [-0.2, -0.15) is 0 Å². The summed E-state index contributed by atoms with van der Waals surface area (Å²) in [5.41, 5.74) is 2.74. The van der Waals surface area contributed by atoms with Crippen molar-refractivity contribution in [3.8, 4) is 0 Å². The molecule has 0 aliphatic heterocycles. The summed E-state index contributed by atoms with van der Waals surface area (Å²) < 4.78 is 26.5. The zero-order valence-corrected chi connectivity index (χ0v) is 23.3. The Morgan fingerprint density at radius 3 is 2.29 bits per heavy atom. The van der Waals surface area contributed by atoms with E-state index in [2.05, 4.69) is 5.32 Å². The van der Waals surface area contributed by atoms with Crippen molar-refractivity contribution in [2.75, 3.05) is 17.1 Å². The molecule has 2 atom stereocenters. The van der Waals surface area contributed by atoms with E-state index in [4.69, 9.17) is 23.2 Å². The van der Waals surface area contributed by atoms with Gasteiger partial charge in [0.25, 0.3) is 0 Å². The number of carbonyl (C=O) groups excluding carboxylic acids is 2. The number of hydrogen-bond donors (Lipinski definition) is 1. The maximum absolute atomic E-state index is 13.6. The lowest BCUT2D eigenvalue weighted by molar-refractivity contribution is -0.139. The van der Waals surface area contributed by atoms with Crippen LogP contribution in [0.4, 0.5) is 5.69 Å². The fraction of sp³-hybridized carbons (Fsp3) is 0.440. The van der Waals surface area contributed by atoms with Gasteiger partial charge >= 0.3 is 0 Å². The minimum Gasteiger partial charge on any atom is -0.352 e. The second-order valence-corrected chi connectivity index (χ2v) is 11.5. The average molecular weight is 543 g/mol. The third-order valence-electron chi connectivity index (χ3n) is 6.03. The lowest BCUT2D eigenvalue weighted by Crippen LogP contribution is -2.52. The molecule has 2 rings (SSSR count). The fourth-order valence-corrected chi connectivity index (χ4v) is 4.70. The number of sulfonamides is 1. The van der Waals surface area contributed by atoms with Gasteiger partial charge in [-0.1, -0.05) is 48.3 Å². The van der Waals surface area contributed by atoms with Crippen LogP contribution in [0.2, 0.25) is 10.0 Å². The Labute approximate surface area is 218 Å². The van der Waals surface area contributed by atoms with Crippen molar-refractivity contribution in [3.05, 3.63) is 63.1 Å². The second-order valence-electron chi connectivity index (χ2n) is 8.75. The number of nitrogens with zero attached hydrogens (tertiary/aromatic N) is 2. The van der Waals surface area contributed by atoms with Crippen molar-refractivity contribution in [2.45, 2.75) is 59.7 Å². The zero-order chi connectivity index (χ0) is 26.5. The van der Waals surface area contributed by atoms with Crippen LogP contribution in [-0.4, -0.2) is 50.0 Å². The fourth-order valence-electron chi connectivity index (χ4n) is 3.48. The van der Waals surface area contributed by atoms with Gasteiger partial charge in [-0.15, -0.1) is 0 Å². The lowest BCUT2D eigenvalue weighted by Gasteiger charge is -2.32. The van der Waals surface area contributed by atoms with Gasteiger partial charge < -0.3 is 10.2 Å². The molecular formula is C25H33Cl2N3O4S. The highest BCUT2D eigenvalue weighted by Crippen LogP contribution is 2.26. The number of anilines is 1. The van der Waals surface area contributed by atoms with Crippen LogP contribution in [0.5, 0.6) is 0 Å². The van der Waals surface area contributed by atoms with Gasteiger partial charge in [0, 0.05) is 12.6 Å². The third kappa shape index (κ3) is 7.59. The van der Waals surface area contributed by atoms with Crippen molar-refractivity contribution < 1.29 is 18.0 Å². The van der Waals surface area contributed by atoms with Crippen LogP contribution < -0.4 is 9.62 Å². The van der Waals surface area contributed by atoms with Crippen LogP contribution in [-0.2, 0) is 26.2 Å². The van der Waals surface area contributed by atoms with E-state index in [9.17, 15) is 18.0 Å². The predicted molar refractivity (Wildman–Crippen MR) is 142 cm³/mol. The molecule has 0 aromatic heterocycles. The highest BCUT2D eigenvalue weighted by molar-refractivity contribution is 7.92. The van der Waals surface area contributed by atoms with E-state index in [1.54, 1.807) is 37.3 Å². The molecule has 0 spiro atoms. The van der Waals surface area contributed by atoms with Crippen molar-refractivity contribution in [2.24, 2.45) is 0 Å². The third-order valence-corrected chi connectivity index (χ3v) is 7.89. The molecule has 2 amide bonds. The lowest BCUT2D eigenvalue weighted by atomic mass is 10.1. The molecule has 0 bridgehead atoms. The van der Waals surface area contributed by atoms with Crippen molar-refractivity contribution >= 4 is 50.7 Å². The molecule has 0 aliphatic rings. The molecule has 0 heterocycles. The van der Waals surface area contributed by atoms with Crippen molar-refractivity contribution in [1.29, 1.82) is 0 Å². The smallest absolute Gasteiger partial charge is 0.244 e. The van der Waals surface area contributed by atoms with Crippen molar-refractivity contribution in [1.82, 2.24) is 10.2 Å². The van der Waals surface area contributed by atoms with E-state index in [1.165, 1.54) is 4.90 Å². The van der Waals surface area contributed by atoms with Crippen LogP contribution in [0.25, 0.3) is 0 Å². The van der Waals surface area contributed by atoms with Crippen molar-refractivity contribution in [3.63, 3.8) is 0 Å². The Balaban J connectivity index is 2.45. The molecular weight excluding hydrogens is 509 g/mol. The molecule has 0 fully saturated rings. The molecule has 192 valence electrons. The monoisotopic (exact) mass is 541 g/mol. The summed E-state index contributed by atoms with van der Waals surface area (Å²) >= 11 is 12.2. The molecule has 2 aromatic carbocycles. The number of carbonyl (C=O) groups is 2. The van der Waals surface area contributed by atoms with E-state index >= 15 is 0 Å². The Morgan fingerprint density at radius 1 is 1.06 bits per heavy atom. The minimum absolute atomic E-state index is 0.0508. The number of halogens is 2. The van der Waals surface area contributed by atoms with E-state index in [0.717, 1.165) is 28.1 Å². The molecule has 0 aliphatic carbocycles. The number of amides is 2. The first-order chi connectivity index (χ1) is 16.3. The Morgan fingerprint density at radius 2 is 1.71 bits per heavy atom. The Hall–Kier alpha value is -2.29. The topological polar surface area (TPSA) is 86.8 Å². The van der Waals surface area contributed by atoms with Gasteiger partial charge in [0.05, 0.1) is 22.0 Å². The van der Waals surface area contributed by atoms with E-state index in [-0.39, 0.29) is 18.5 Å². The number of nitrogens with one attached hydrogen (secondary N) is 1. The first-order valence-corrected chi connectivity index (χ1v) is 13.9.